The van der Waals surface area contributed by atoms with Gasteiger partial charge in [-0.05, 0) is 50.7 Å². The summed E-state index contributed by atoms with van der Waals surface area (Å²) in [6.45, 7) is 8.65. The molecule has 0 amide bonds. The number of rotatable bonds is 6. The highest BCUT2D eigenvalue weighted by Crippen LogP contribution is 2.34. The van der Waals surface area contributed by atoms with E-state index < -0.39 is 0 Å². The summed E-state index contributed by atoms with van der Waals surface area (Å²) >= 11 is 0. The first-order chi connectivity index (χ1) is 16.9. The van der Waals surface area contributed by atoms with Crippen molar-refractivity contribution in [1.29, 1.82) is 5.26 Å². The SMILES string of the molecule is CC[C@H]1CN(C(C)c2ccc3c(n2)CCC3)[C@H](CC)CN1c1cc(=O)n(C)c2cn(CC#N)nc12. The summed E-state index contributed by atoms with van der Waals surface area (Å²) in [6.07, 6.45) is 7.24. The standard InChI is InChI=1S/C27H35N7O/c1-5-20-16-34(24-14-26(35)31(4)25-17-32(13-12-28)30-27(24)25)21(6-2)15-33(20)18(3)22-11-10-19-8-7-9-23(19)29-22/h10-11,14,17-18,20-21H,5-9,13,15-16H2,1-4H3/t18?,20-,21+/m1/s1. The Morgan fingerprint density at radius 3 is 2.71 bits per heavy atom. The molecule has 184 valence electrons. The number of anilines is 1. The van der Waals surface area contributed by atoms with Crippen LogP contribution in [0, 0.1) is 11.3 Å². The number of fused-ring (bicyclic) bond motifs is 2. The fraction of sp³-hybridized carbons (Fsp3) is 0.556. The van der Waals surface area contributed by atoms with Crippen LogP contribution in [0.3, 0.4) is 0 Å². The molecular formula is C27H35N7O. The molecule has 5 rings (SSSR count). The van der Waals surface area contributed by atoms with Crippen LogP contribution >= 0.6 is 0 Å². The second-order valence-electron chi connectivity index (χ2n) is 9.99. The molecule has 0 aromatic carbocycles. The van der Waals surface area contributed by atoms with E-state index in [2.05, 4.69) is 48.8 Å². The first-order valence-electron chi connectivity index (χ1n) is 12.9. The Bertz CT molecular complexity index is 1330. The summed E-state index contributed by atoms with van der Waals surface area (Å²) in [6, 6.07) is 9.21. The van der Waals surface area contributed by atoms with E-state index in [1.807, 2.05) is 0 Å². The molecule has 1 unspecified atom stereocenters. The van der Waals surface area contributed by atoms with E-state index in [4.69, 9.17) is 15.3 Å². The van der Waals surface area contributed by atoms with E-state index >= 15 is 0 Å². The Hall–Kier alpha value is -3.18. The van der Waals surface area contributed by atoms with Crippen LogP contribution in [-0.2, 0) is 26.4 Å². The number of aromatic nitrogens is 4. The molecule has 1 fully saturated rings. The van der Waals surface area contributed by atoms with Gasteiger partial charge < -0.3 is 9.47 Å². The topological polar surface area (TPSA) is 83.0 Å². The molecule has 0 bridgehead atoms. The van der Waals surface area contributed by atoms with E-state index in [1.54, 1.807) is 28.6 Å². The average molecular weight is 474 g/mol. The average Bonchev–Trinajstić information content (AvgIpc) is 3.52. The maximum Gasteiger partial charge on any atom is 0.252 e. The smallest absolute Gasteiger partial charge is 0.252 e. The van der Waals surface area contributed by atoms with Gasteiger partial charge >= 0.3 is 0 Å². The summed E-state index contributed by atoms with van der Waals surface area (Å²) in [5.41, 5.74) is 6.25. The van der Waals surface area contributed by atoms with Gasteiger partial charge in [-0.15, -0.1) is 0 Å². The van der Waals surface area contributed by atoms with Crippen molar-refractivity contribution in [1.82, 2.24) is 24.2 Å². The molecule has 3 aromatic heterocycles. The zero-order valence-corrected chi connectivity index (χ0v) is 21.2. The zero-order chi connectivity index (χ0) is 24.7. The van der Waals surface area contributed by atoms with E-state index in [9.17, 15) is 4.79 Å². The summed E-state index contributed by atoms with van der Waals surface area (Å²) < 4.78 is 3.25. The van der Waals surface area contributed by atoms with Crippen molar-refractivity contribution in [3.63, 3.8) is 0 Å². The minimum Gasteiger partial charge on any atom is -0.364 e. The fourth-order valence-electron chi connectivity index (χ4n) is 5.91. The highest BCUT2D eigenvalue weighted by atomic mass is 16.1. The Kier molecular flexibility index (Phi) is 6.37. The second kappa shape index (κ2) is 9.46. The van der Waals surface area contributed by atoms with E-state index in [0.717, 1.165) is 55.5 Å². The minimum absolute atomic E-state index is 0.0509. The van der Waals surface area contributed by atoms with Gasteiger partial charge in [0.05, 0.1) is 29.2 Å². The Labute approximate surface area is 206 Å². The van der Waals surface area contributed by atoms with Crippen LogP contribution in [0.5, 0.6) is 0 Å². The molecule has 1 aliphatic carbocycles. The fourth-order valence-corrected chi connectivity index (χ4v) is 5.91. The van der Waals surface area contributed by atoms with Crippen LogP contribution < -0.4 is 10.5 Å². The molecular weight excluding hydrogens is 438 g/mol. The minimum atomic E-state index is -0.0509. The van der Waals surface area contributed by atoms with Crippen molar-refractivity contribution in [2.45, 2.75) is 77.5 Å². The van der Waals surface area contributed by atoms with Crippen LogP contribution in [0.1, 0.15) is 63.0 Å². The maximum absolute atomic E-state index is 12.9. The van der Waals surface area contributed by atoms with Gasteiger partial charge in [-0.2, -0.15) is 10.4 Å². The lowest BCUT2D eigenvalue weighted by Gasteiger charge is -2.49. The third kappa shape index (κ3) is 4.12. The molecule has 1 saturated heterocycles. The quantitative estimate of drug-likeness (QED) is 0.544. The maximum atomic E-state index is 12.9. The largest absolute Gasteiger partial charge is 0.364 e. The molecule has 3 atom stereocenters. The van der Waals surface area contributed by atoms with Gasteiger partial charge in [0.25, 0.3) is 5.56 Å². The Morgan fingerprint density at radius 2 is 1.97 bits per heavy atom. The second-order valence-corrected chi connectivity index (χ2v) is 9.99. The summed E-state index contributed by atoms with van der Waals surface area (Å²) in [5.74, 6) is 0. The Morgan fingerprint density at radius 1 is 1.17 bits per heavy atom. The van der Waals surface area contributed by atoms with E-state index in [-0.39, 0.29) is 24.2 Å². The van der Waals surface area contributed by atoms with Crippen LogP contribution in [-0.4, -0.2) is 49.4 Å². The van der Waals surface area contributed by atoms with Crippen LogP contribution in [0.15, 0.2) is 29.2 Å². The highest BCUT2D eigenvalue weighted by Gasteiger charge is 2.37. The lowest BCUT2D eigenvalue weighted by molar-refractivity contribution is 0.0990. The summed E-state index contributed by atoms with van der Waals surface area (Å²) in [7, 11) is 1.77. The van der Waals surface area contributed by atoms with Crippen molar-refractivity contribution in [3.8, 4) is 6.07 Å². The number of aryl methyl sites for hydroxylation is 3. The van der Waals surface area contributed by atoms with Gasteiger partial charge in [-0.1, -0.05) is 19.9 Å². The van der Waals surface area contributed by atoms with Crippen molar-refractivity contribution in [2.75, 3.05) is 18.0 Å². The lowest BCUT2D eigenvalue weighted by Crippen LogP contribution is -2.59. The molecule has 0 N–H and O–H groups in total. The molecule has 1 aliphatic heterocycles. The van der Waals surface area contributed by atoms with Crippen LogP contribution in [0.2, 0.25) is 0 Å². The molecule has 2 aliphatic rings. The highest BCUT2D eigenvalue weighted by molar-refractivity contribution is 5.88. The van der Waals surface area contributed by atoms with E-state index in [0.29, 0.717) is 6.04 Å². The molecule has 0 spiro atoms. The molecule has 0 radical (unpaired) electrons. The molecule has 4 heterocycles. The number of hydrogen-bond donors (Lipinski definition) is 0. The summed E-state index contributed by atoms with van der Waals surface area (Å²) in [4.78, 5) is 22.9. The number of nitrogens with zero attached hydrogens (tertiary/aromatic N) is 7. The number of piperazine rings is 1. The first-order valence-corrected chi connectivity index (χ1v) is 12.9. The third-order valence-electron chi connectivity index (χ3n) is 8.04. The van der Waals surface area contributed by atoms with Crippen molar-refractivity contribution >= 4 is 16.7 Å². The van der Waals surface area contributed by atoms with Gasteiger partial charge in [-0.25, -0.2) is 0 Å². The van der Waals surface area contributed by atoms with Crippen molar-refractivity contribution < 1.29 is 0 Å². The van der Waals surface area contributed by atoms with Gasteiger partial charge in [-0.3, -0.25) is 19.4 Å². The molecule has 8 heteroatoms. The third-order valence-corrected chi connectivity index (χ3v) is 8.04. The number of pyridine rings is 2. The van der Waals surface area contributed by atoms with Crippen molar-refractivity contribution in [3.05, 3.63) is 51.7 Å². The monoisotopic (exact) mass is 473 g/mol. The van der Waals surface area contributed by atoms with Crippen LogP contribution in [0.25, 0.3) is 11.0 Å². The molecule has 35 heavy (non-hydrogen) atoms. The van der Waals surface area contributed by atoms with Gasteiger partial charge in [0, 0.05) is 50.0 Å². The van der Waals surface area contributed by atoms with Gasteiger partial charge in [0.1, 0.15) is 12.1 Å². The number of nitriles is 1. The van der Waals surface area contributed by atoms with Gasteiger partial charge in [0.2, 0.25) is 0 Å². The molecule has 3 aromatic rings. The molecule has 0 saturated carbocycles. The predicted molar refractivity (Wildman–Crippen MR) is 137 cm³/mol. The molecule has 8 nitrogen and oxygen atoms in total. The Balaban J connectivity index is 1.49. The number of hydrogen-bond acceptors (Lipinski definition) is 6. The zero-order valence-electron chi connectivity index (χ0n) is 21.2. The lowest BCUT2D eigenvalue weighted by atomic mass is 9.98. The van der Waals surface area contributed by atoms with Gasteiger partial charge in [0.15, 0.2) is 0 Å². The first kappa shape index (κ1) is 23.6. The normalized spacial score (nSPS) is 21.3. The predicted octanol–water partition coefficient (Wildman–Crippen LogP) is 3.58. The summed E-state index contributed by atoms with van der Waals surface area (Å²) in [5, 5.41) is 13.9. The van der Waals surface area contributed by atoms with Crippen molar-refractivity contribution in [2.24, 2.45) is 7.05 Å². The van der Waals surface area contributed by atoms with Crippen LogP contribution in [0.4, 0.5) is 5.69 Å². The van der Waals surface area contributed by atoms with E-state index in [1.165, 1.54) is 23.4 Å².